The van der Waals surface area contributed by atoms with Crippen molar-refractivity contribution in [1.29, 1.82) is 0 Å². The molecule has 6 aromatic carbocycles. The van der Waals surface area contributed by atoms with Crippen molar-refractivity contribution in [3.63, 3.8) is 0 Å². The molecule has 0 saturated heterocycles. The smallest absolute Gasteiger partial charge is 0.269 e. The van der Waals surface area contributed by atoms with Crippen LogP contribution in [0.25, 0.3) is 61.2 Å². The van der Waals surface area contributed by atoms with Crippen LogP contribution < -0.4 is 9.30 Å². The summed E-state index contributed by atoms with van der Waals surface area (Å²) < 4.78 is 13.2. The van der Waals surface area contributed by atoms with Crippen LogP contribution in [0, 0.1) is 13.3 Å². The zero-order valence-corrected chi connectivity index (χ0v) is 29.7. The van der Waals surface area contributed by atoms with Crippen LogP contribution >= 0.6 is 0 Å². The van der Waals surface area contributed by atoms with Crippen molar-refractivity contribution in [3.8, 4) is 39.8 Å². The maximum atomic E-state index is 6.64. The average molecular weight is 675 g/mol. The molecule has 0 N–H and O–H groups in total. The first-order valence-corrected chi connectivity index (χ1v) is 17.7. The molecule has 5 heteroatoms. The van der Waals surface area contributed by atoms with E-state index in [0.717, 1.165) is 72.8 Å². The van der Waals surface area contributed by atoms with Gasteiger partial charge >= 0.3 is 0 Å². The maximum Gasteiger partial charge on any atom is 0.269 e. The van der Waals surface area contributed by atoms with Gasteiger partial charge < -0.3 is 4.74 Å². The highest BCUT2D eigenvalue weighted by molar-refractivity contribution is 6.09. The lowest BCUT2D eigenvalue weighted by Gasteiger charge is -2.20. The zero-order chi connectivity index (χ0) is 35.4. The first-order valence-electron chi connectivity index (χ1n) is 17.7. The Morgan fingerprint density at radius 2 is 1.38 bits per heavy atom. The van der Waals surface area contributed by atoms with E-state index in [-0.39, 0.29) is 5.41 Å². The molecular formula is C47H38N4O. The molecule has 0 aliphatic rings. The molecule has 0 atom stereocenters. The lowest BCUT2D eigenvalue weighted by Crippen LogP contribution is -2.30. The van der Waals surface area contributed by atoms with Gasteiger partial charge in [0.1, 0.15) is 17.3 Å². The van der Waals surface area contributed by atoms with Gasteiger partial charge in [-0.3, -0.25) is 13.7 Å². The number of pyridine rings is 1. The van der Waals surface area contributed by atoms with Gasteiger partial charge in [-0.2, -0.15) is 0 Å². The van der Waals surface area contributed by atoms with Crippen LogP contribution in [0.1, 0.15) is 31.9 Å². The third-order valence-electron chi connectivity index (χ3n) is 9.82. The molecule has 0 unspecified atom stereocenters. The Morgan fingerprint density at radius 1 is 0.635 bits per heavy atom. The highest BCUT2D eigenvalue weighted by Crippen LogP contribution is 2.36. The average Bonchev–Trinajstić information content (AvgIpc) is 3.71. The Bertz CT molecular complexity index is 2770. The third-order valence-corrected chi connectivity index (χ3v) is 9.82. The van der Waals surface area contributed by atoms with Gasteiger partial charge in [-0.1, -0.05) is 106 Å². The van der Waals surface area contributed by atoms with Crippen molar-refractivity contribution in [2.45, 2.75) is 33.1 Å². The van der Waals surface area contributed by atoms with Crippen molar-refractivity contribution >= 4 is 32.8 Å². The minimum atomic E-state index is 0.0107. The van der Waals surface area contributed by atoms with E-state index in [2.05, 4.69) is 181 Å². The van der Waals surface area contributed by atoms with Crippen LogP contribution in [0.4, 0.5) is 0 Å². The summed E-state index contributed by atoms with van der Waals surface area (Å²) in [6.07, 6.45) is 5.61. The summed E-state index contributed by atoms with van der Waals surface area (Å²) in [7, 11) is 0. The Kier molecular flexibility index (Phi) is 7.51. The second-order valence-electron chi connectivity index (χ2n) is 14.4. The lowest BCUT2D eigenvalue weighted by atomic mass is 9.87. The quantitative estimate of drug-likeness (QED) is 0.130. The van der Waals surface area contributed by atoms with Crippen molar-refractivity contribution in [3.05, 3.63) is 175 Å². The monoisotopic (exact) mass is 674 g/mol. The van der Waals surface area contributed by atoms with Crippen molar-refractivity contribution in [2.75, 3.05) is 0 Å². The lowest BCUT2D eigenvalue weighted by molar-refractivity contribution is -0.572. The fraction of sp³-hybridized carbons (Fsp3) is 0.106. The molecule has 0 bridgehead atoms. The molecule has 0 aliphatic heterocycles. The number of rotatable bonds is 6. The summed E-state index contributed by atoms with van der Waals surface area (Å²) in [4.78, 5) is 4.75. The van der Waals surface area contributed by atoms with Gasteiger partial charge in [0.15, 0.2) is 0 Å². The fourth-order valence-electron chi connectivity index (χ4n) is 7.22. The Morgan fingerprint density at radius 3 is 2.23 bits per heavy atom. The molecule has 0 saturated carbocycles. The Labute approximate surface area is 303 Å². The van der Waals surface area contributed by atoms with Crippen LogP contribution in [-0.4, -0.2) is 14.1 Å². The molecule has 9 rings (SSSR count). The van der Waals surface area contributed by atoms with E-state index < -0.39 is 0 Å². The molecule has 0 spiro atoms. The van der Waals surface area contributed by atoms with E-state index in [9.17, 15) is 0 Å². The van der Waals surface area contributed by atoms with E-state index in [1.807, 2.05) is 24.4 Å². The van der Waals surface area contributed by atoms with Crippen molar-refractivity contribution in [1.82, 2.24) is 14.1 Å². The molecule has 3 heterocycles. The first-order chi connectivity index (χ1) is 25.3. The molecule has 5 nitrogen and oxygen atoms in total. The summed E-state index contributed by atoms with van der Waals surface area (Å²) >= 11 is 0. The molecule has 0 aliphatic carbocycles. The molecule has 0 radical (unpaired) electrons. The molecule has 0 fully saturated rings. The van der Waals surface area contributed by atoms with Crippen LogP contribution in [0.3, 0.4) is 0 Å². The van der Waals surface area contributed by atoms with Crippen LogP contribution in [0.15, 0.2) is 158 Å². The van der Waals surface area contributed by atoms with Gasteiger partial charge in [0.05, 0.1) is 33.4 Å². The molecule has 9 aromatic rings. The number of hydrogen-bond acceptors (Lipinski definition) is 2. The molecule has 52 heavy (non-hydrogen) atoms. The van der Waals surface area contributed by atoms with Gasteiger partial charge in [0.2, 0.25) is 0 Å². The number of aryl methyl sites for hydroxylation is 1. The van der Waals surface area contributed by atoms with Gasteiger partial charge in [0, 0.05) is 23.0 Å². The number of hydrogen-bond donors (Lipinski definition) is 0. The second-order valence-corrected chi connectivity index (χ2v) is 14.4. The molecule has 3 aromatic heterocycles. The second kappa shape index (κ2) is 12.4. The third kappa shape index (κ3) is 5.51. The van der Waals surface area contributed by atoms with E-state index in [0.29, 0.717) is 0 Å². The van der Waals surface area contributed by atoms with Crippen molar-refractivity contribution < 1.29 is 9.30 Å². The number of fused-ring (bicyclic) bond motifs is 4. The maximum absolute atomic E-state index is 6.64. The number of para-hydroxylation sites is 2. The Balaban J connectivity index is 1.17. The van der Waals surface area contributed by atoms with E-state index >= 15 is 0 Å². The number of aromatic nitrogens is 4. The van der Waals surface area contributed by atoms with Gasteiger partial charge in [0.25, 0.3) is 6.33 Å². The summed E-state index contributed by atoms with van der Waals surface area (Å²) in [5.74, 6) is 2.38. The normalized spacial score (nSPS) is 11.8. The van der Waals surface area contributed by atoms with Gasteiger partial charge in [-0.15, -0.1) is 0 Å². The summed E-state index contributed by atoms with van der Waals surface area (Å²) in [6.45, 7) is 8.85. The van der Waals surface area contributed by atoms with E-state index in [4.69, 9.17) is 9.72 Å². The van der Waals surface area contributed by atoms with Gasteiger partial charge in [-0.05, 0) is 95.3 Å². The molecular weight excluding hydrogens is 637 g/mol. The van der Waals surface area contributed by atoms with E-state index in [1.54, 1.807) is 0 Å². The summed E-state index contributed by atoms with van der Waals surface area (Å²) in [6, 6.07) is 53.1. The number of imidazole rings is 1. The first kappa shape index (κ1) is 31.5. The van der Waals surface area contributed by atoms with Crippen LogP contribution in [0.5, 0.6) is 11.5 Å². The summed E-state index contributed by atoms with van der Waals surface area (Å²) in [5.41, 5.74) is 11.1. The van der Waals surface area contributed by atoms with Gasteiger partial charge in [-0.25, -0.2) is 4.98 Å². The predicted molar refractivity (Wildman–Crippen MR) is 211 cm³/mol. The minimum absolute atomic E-state index is 0.0107. The van der Waals surface area contributed by atoms with E-state index in [1.165, 1.54) is 10.9 Å². The largest absolute Gasteiger partial charge is 0.458 e. The topological polar surface area (TPSA) is 35.9 Å². The number of nitrogens with zero attached hydrogens (tertiary/aromatic N) is 4. The predicted octanol–water partition coefficient (Wildman–Crippen LogP) is 11.3. The van der Waals surface area contributed by atoms with Crippen LogP contribution in [0.2, 0.25) is 0 Å². The standard InChI is InChI=1S/C47H38N4O/c1-32-25-26-48-45(27-32)51-42-21-9-8-19-40(42)41-24-23-38(30-44(41)51)52-37-18-11-17-36(29-37)49-31-50(35-16-10-15-34(28-35)47(2,3)4)46-39(20-12-22-43(46)49)33-13-6-5-7-14-33/h5-30H,1-4H3. The summed E-state index contributed by atoms with van der Waals surface area (Å²) in [5, 5.41) is 2.34. The van der Waals surface area contributed by atoms with Crippen molar-refractivity contribution in [2.24, 2.45) is 0 Å². The highest BCUT2D eigenvalue weighted by Gasteiger charge is 2.20. The molecule has 0 amide bonds. The highest BCUT2D eigenvalue weighted by atomic mass is 16.5. The SMILES string of the molecule is Cc1ccnc(-n2c3ccccc3c3ccc(Oc4cccc(-n5[c-][n+](-c6cccc(C(C)(C)C)c6)c6c(-c7ccccc7)cccc65)c4)cc32)c1. The number of ether oxygens (including phenoxy) is 1. The Hall–Kier alpha value is -6.46. The zero-order valence-electron chi connectivity index (χ0n) is 29.7. The molecule has 252 valence electrons. The van der Waals surface area contributed by atoms with Crippen LogP contribution in [-0.2, 0) is 5.41 Å². The minimum Gasteiger partial charge on any atom is -0.458 e. The number of benzene rings is 6. The fourth-order valence-corrected chi connectivity index (χ4v) is 7.22.